The molecular weight excluding hydrogens is 683 g/mol. The van der Waals surface area contributed by atoms with Crippen LogP contribution in [0.4, 0.5) is 20.6 Å². The molecule has 0 aliphatic carbocycles. The van der Waals surface area contributed by atoms with Crippen LogP contribution in [0.2, 0.25) is 0 Å². The summed E-state index contributed by atoms with van der Waals surface area (Å²) in [5.41, 5.74) is 0.743. The van der Waals surface area contributed by atoms with E-state index in [0.717, 1.165) is 37.1 Å². The lowest BCUT2D eigenvalue weighted by molar-refractivity contribution is -0.0115. The minimum Gasteiger partial charge on any atom is -0.490 e. The molecule has 3 N–H and O–H groups in total. The number of sulfonamides is 1. The maximum absolute atomic E-state index is 14.4. The number of hydrogen-bond donors (Lipinski definition) is 3. The van der Waals surface area contributed by atoms with Gasteiger partial charge in [0.1, 0.15) is 11.6 Å². The molecule has 0 saturated carbocycles. The second kappa shape index (κ2) is 16.6. The molecule has 5 rings (SSSR count). The molecule has 3 aromatic carbocycles. The molecule has 276 valence electrons. The van der Waals surface area contributed by atoms with Crippen LogP contribution in [0, 0.1) is 11.7 Å². The highest BCUT2D eigenvalue weighted by atomic mass is 32.2. The van der Waals surface area contributed by atoms with Crippen molar-refractivity contribution in [1.29, 1.82) is 0 Å². The highest BCUT2D eigenvalue weighted by Crippen LogP contribution is 2.34. The summed E-state index contributed by atoms with van der Waals surface area (Å²) in [7, 11) is -2.45. The van der Waals surface area contributed by atoms with Crippen molar-refractivity contribution in [2.75, 3.05) is 50.2 Å². The summed E-state index contributed by atoms with van der Waals surface area (Å²) in [6.45, 7) is 6.06. The molecule has 51 heavy (non-hydrogen) atoms. The van der Waals surface area contributed by atoms with Crippen LogP contribution in [0.3, 0.4) is 0 Å². The number of anilines is 2. The van der Waals surface area contributed by atoms with Crippen molar-refractivity contribution in [1.82, 2.24) is 9.80 Å². The van der Waals surface area contributed by atoms with E-state index in [0.29, 0.717) is 30.2 Å². The normalized spacial score (nSPS) is 20.4. The Morgan fingerprint density at radius 2 is 1.73 bits per heavy atom. The smallest absolute Gasteiger partial charge is 0.321 e. The lowest BCUT2D eigenvalue weighted by Crippen LogP contribution is -2.48. The van der Waals surface area contributed by atoms with Gasteiger partial charge >= 0.3 is 6.03 Å². The fraction of sp³-hybridized carbons (Fsp3) is 0.444. The number of urea groups is 1. The van der Waals surface area contributed by atoms with Crippen LogP contribution in [-0.4, -0.2) is 93.7 Å². The number of hydrogen-bond acceptors (Lipinski definition) is 9. The number of benzene rings is 3. The zero-order chi connectivity index (χ0) is 36.7. The van der Waals surface area contributed by atoms with E-state index in [-0.39, 0.29) is 66.4 Å². The van der Waals surface area contributed by atoms with Crippen LogP contribution in [0.5, 0.6) is 17.2 Å². The molecule has 0 saturated heterocycles. The second-order valence-corrected chi connectivity index (χ2v) is 14.6. The number of carbonyl (C=O) groups is 2. The van der Waals surface area contributed by atoms with Crippen molar-refractivity contribution in [3.63, 3.8) is 0 Å². The van der Waals surface area contributed by atoms with Crippen LogP contribution in [0.15, 0.2) is 65.6 Å². The van der Waals surface area contributed by atoms with Crippen molar-refractivity contribution in [2.45, 2.75) is 63.2 Å². The first-order valence-electron chi connectivity index (χ1n) is 16.9. The zero-order valence-electron chi connectivity index (χ0n) is 29.1. The molecule has 3 amide bonds. The Morgan fingerprint density at radius 3 is 2.47 bits per heavy atom. The van der Waals surface area contributed by atoms with Crippen molar-refractivity contribution in [3.05, 3.63) is 72.0 Å². The lowest BCUT2D eigenvalue weighted by Gasteiger charge is -2.35. The van der Waals surface area contributed by atoms with Crippen molar-refractivity contribution in [2.24, 2.45) is 5.92 Å². The number of ether oxygens (including phenoxy) is 4. The number of nitrogens with zero attached hydrogens (tertiary/aromatic N) is 2. The molecule has 0 radical (unpaired) electrons. The molecule has 13 nitrogen and oxygen atoms in total. The third-order valence-electron chi connectivity index (χ3n) is 8.85. The minimum absolute atomic E-state index is 0.100. The molecule has 0 fully saturated rings. The fourth-order valence-electron chi connectivity index (χ4n) is 5.82. The first kappa shape index (κ1) is 37.7. The van der Waals surface area contributed by atoms with Gasteiger partial charge in [0, 0.05) is 50.1 Å². The van der Waals surface area contributed by atoms with Gasteiger partial charge in [0.05, 0.1) is 35.3 Å². The SMILES string of the molecule is C[C@@H]1CCCCO[C@H](CN(C)C(=O)Nc2ccc3c(c2)OCO3)[C@@H](C)CN([C@@H](C)CO)C(=O)c2cc(NS(=O)(=O)c3ccc(F)cc3)ccc2O1. The van der Waals surface area contributed by atoms with Gasteiger partial charge in [0.2, 0.25) is 6.79 Å². The molecular formula is C36H45FN4O9S. The van der Waals surface area contributed by atoms with Crippen LogP contribution in [0.1, 0.15) is 50.4 Å². The summed E-state index contributed by atoms with van der Waals surface area (Å²) >= 11 is 0. The quantitative estimate of drug-likeness (QED) is 0.280. The van der Waals surface area contributed by atoms with Gasteiger partial charge in [-0.3, -0.25) is 9.52 Å². The molecule has 0 bridgehead atoms. The van der Waals surface area contributed by atoms with Gasteiger partial charge in [0.25, 0.3) is 15.9 Å². The number of aliphatic hydroxyl groups is 1. The predicted molar refractivity (Wildman–Crippen MR) is 188 cm³/mol. The molecule has 0 unspecified atom stereocenters. The standard InChI is InChI=1S/C36H45FN4O9S/c1-23-19-41(24(2)21-42)35(43)30-17-28(39-51(45,46)29-12-8-26(37)9-13-29)11-14-31(30)50-25(3)7-5-6-16-47-34(23)20-40(4)36(44)38-27-10-15-32-33(18-27)49-22-48-32/h8-15,17-18,23-25,34,39,42H,5-7,16,19-22H2,1-4H3,(H,38,44)/t23-,24-,25+,34+/m0/s1. The largest absolute Gasteiger partial charge is 0.490 e. The summed E-state index contributed by atoms with van der Waals surface area (Å²) < 4.78 is 65.5. The number of fused-ring (bicyclic) bond motifs is 2. The zero-order valence-corrected chi connectivity index (χ0v) is 30.0. The van der Waals surface area contributed by atoms with E-state index in [1.807, 2.05) is 13.8 Å². The first-order valence-corrected chi connectivity index (χ1v) is 18.4. The maximum atomic E-state index is 14.4. The Hall–Kier alpha value is -4.60. The molecule has 0 spiro atoms. The summed E-state index contributed by atoms with van der Waals surface area (Å²) in [6, 6.07) is 13.0. The summed E-state index contributed by atoms with van der Waals surface area (Å²) in [4.78, 5) is 30.5. The highest BCUT2D eigenvalue weighted by Gasteiger charge is 2.31. The Morgan fingerprint density at radius 1 is 1.02 bits per heavy atom. The van der Waals surface area contributed by atoms with Crippen LogP contribution < -0.4 is 24.2 Å². The average Bonchev–Trinajstić information content (AvgIpc) is 3.57. The fourth-order valence-corrected chi connectivity index (χ4v) is 6.87. The number of rotatable bonds is 8. The topological polar surface area (TPSA) is 156 Å². The maximum Gasteiger partial charge on any atom is 0.321 e. The Labute approximate surface area is 297 Å². The summed E-state index contributed by atoms with van der Waals surface area (Å²) in [6.07, 6.45) is 1.39. The third-order valence-corrected chi connectivity index (χ3v) is 10.2. The average molecular weight is 729 g/mol. The van der Waals surface area contributed by atoms with Crippen LogP contribution in [0.25, 0.3) is 0 Å². The summed E-state index contributed by atoms with van der Waals surface area (Å²) in [5.74, 6) is 0.0387. The third kappa shape index (κ3) is 9.60. The lowest BCUT2D eigenvalue weighted by atomic mass is 10.0. The van der Waals surface area contributed by atoms with Gasteiger partial charge in [-0.15, -0.1) is 0 Å². The molecule has 2 aliphatic rings. The van der Waals surface area contributed by atoms with E-state index >= 15 is 0 Å². The van der Waals surface area contributed by atoms with Gasteiger partial charge in [0.15, 0.2) is 11.5 Å². The van der Waals surface area contributed by atoms with E-state index in [1.54, 1.807) is 38.2 Å². The molecule has 0 aromatic heterocycles. The monoisotopic (exact) mass is 728 g/mol. The first-order chi connectivity index (χ1) is 24.3. The molecule has 3 aromatic rings. The number of amides is 3. The van der Waals surface area contributed by atoms with Crippen molar-refractivity contribution < 1.29 is 46.5 Å². The van der Waals surface area contributed by atoms with Crippen LogP contribution >= 0.6 is 0 Å². The van der Waals surface area contributed by atoms with E-state index in [4.69, 9.17) is 18.9 Å². The molecule has 15 heteroatoms. The molecule has 4 atom stereocenters. The Balaban J connectivity index is 1.39. The van der Waals surface area contributed by atoms with Gasteiger partial charge in [-0.1, -0.05) is 6.92 Å². The van der Waals surface area contributed by atoms with Gasteiger partial charge in [-0.05, 0) is 87.7 Å². The Kier molecular flexibility index (Phi) is 12.3. The van der Waals surface area contributed by atoms with Crippen molar-refractivity contribution in [3.8, 4) is 17.2 Å². The number of carbonyl (C=O) groups excluding carboxylic acids is 2. The molecule has 2 aliphatic heterocycles. The van der Waals surface area contributed by atoms with Gasteiger partial charge in [-0.2, -0.15) is 0 Å². The summed E-state index contributed by atoms with van der Waals surface area (Å²) in [5, 5.41) is 13.1. The number of nitrogens with one attached hydrogen (secondary N) is 2. The number of halogens is 1. The van der Waals surface area contributed by atoms with Crippen LogP contribution in [-0.2, 0) is 14.8 Å². The predicted octanol–water partition coefficient (Wildman–Crippen LogP) is 5.31. The minimum atomic E-state index is -4.11. The Bertz CT molecular complexity index is 1790. The van der Waals surface area contributed by atoms with Gasteiger partial charge in [-0.25, -0.2) is 17.6 Å². The van der Waals surface area contributed by atoms with E-state index in [9.17, 15) is 27.5 Å². The van der Waals surface area contributed by atoms with Gasteiger partial charge < -0.3 is 39.2 Å². The van der Waals surface area contributed by atoms with Crippen molar-refractivity contribution >= 4 is 33.3 Å². The highest BCUT2D eigenvalue weighted by molar-refractivity contribution is 7.92. The van der Waals surface area contributed by atoms with E-state index in [1.165, 1.54) is 21.9 Å². The molecule has 2 heterocycles. The van der Waals surface area contributed by atoms with E-state index < -0.39 is 33.9 Å². The second-order valence-electron chi connectivity index (χ2n) is 12.9. The number of aliphatic hydroxyl groups excluding tert-OH is 1. The number of likely N-dealkylation sites (N-methyl/N-ethyl adjacent to an activating group) is 1. The van der Waals surface area contributed by atoms with E-state index in [2.05, 4.69) is 10.0 Å².